The van der Waals surface area contributed by atoms with E-state index in [2.05, 4.69) is 4.98 Å². The average Bonchev–Trinajstić information content (AvgIpc) is 3.19. The highest BCUT2D eigenvalue weighted by atomic mass is 32.1. The maximum Gasteiger partial charge on any atom is 0.254 e. The number of nitrogens with zero attached hydrogens (tertiary/aromatic N) is 2. The van der Waals surface area contributed by atoms with Gasteiger partial charge in [0.1, 0.15) is 16.9 Å². The predicted molar refractivity (Wildman–Crippen MR) is 90.5 cm³/mol. The molecule has 126 valence electrons. The van der Waals surface area contributed by atoms with Crippen LogP contribution < -0.4 is 0 Å². The molecule has 1 aromatic carbocycles. The summed E-state index contributed by atoms with van der Waals surface area (Å²) in [6.07, 6.45) is -1.37. The second-order valence-corrected chi connectivity index (χ2v) is 6.67. The molecule has 1 amide bonds. The van der Waals surface area contributed by atoms with Gasteiger partial charge in [-0.3, -0.25) is 4.79 Å². The van der Waals surface area contributed by atoms with Gasteiger partial charge in [0.25, 0.3) is 5.91 Å². The number of rotatable bonds is 5. The Morgan fingerprint density at radius 1 is 1.33 bits per heavy atom. The van der Waals surface area contributed by atoms with Gasteiger partial charge >= 0.3 is 0 Å². The SMILES string of the molecule is Cc1occc1CN(C)C(=O)C(O)C(O)c1nc2ccccc2s1. The molecule has 7 heteroatoms. The Labute approximate surface area is 143 Å². The topological polar surface area (TPSA) is 86.8 Å². The number of amides is 1. The van der Waals surface area contributed by atoms with Gasteiger partial charge in [0.15, 0.2) is 6.10 Å². The summed E-state index contributed by atoms with van der Waals surface area (Å²) >= 11 is 1.26. The average molecular weight is 346 g/mol. The monoisotopic (exact) mass is 346 g/mol. The molecule has 0 aliphatic rings. The standard InChI is InChI=1S/C17H18N2O4S/c1-10-11(7-8-23-10)9-19(2)17(22)15(21)14(20)16-18-12-5-3-4-6-13(12)24-16/h3-8,14-15,20-21H,9H2,1-2H3. The molecule has 0 saturated carbocycles. The van der Waals surface area contributed by atoms with E-state index in [9.17, 15) is 15.0 Å². The van der Waals surface area contributed by atoms with Crippen LogP contribution >= 0.6 is 11.3 Å². The molecule has 2 heterocycles. The summed E-state index contributed by atoms with van der Waals surface area (Å²) in [7, 11) is 1.57. The Bertz CT molecular complexity index is 824. The quantitative estimate of drug-likeness (QED) is 0.740. The molecule has 3 aromatic rings. The molecular formula is C17H18N2O4S. The summed E-state index contributed by atoms with van der Waals surface area (Å²) in [5, 5.41) is 20.9. The summed E-state index contributed by atoms with van der Waals surface area (Å²) in [5.41, 5.74) is 1.59. The fraction of sp³-hybridized carbons (Fsp3) is 0.294. The van der Waals surface area contributed by atoms with Crippen molar-refractivity contribution in [1.29, 1.82) is 0 Å². The lowest BCUT2D eigenvalue weighted by molar-refractivity contribution is -0.145. The number of aromatic nitrogens is 1. The fourth-order valence-electron chi connectivity index (χ4n) is 2.42. The first kappa shape index (κ1) is 16.6. The van der Waals surface area contributed by atoms with Gasteiger partial charge in [-0.05, 0) is 25.1 Å². The number of benzene rings is 1. The van der Waals surface area contributed by atoms with E-state index < -0.39 is 18.1 Å². The van der Waals surface area contributed by atoms with Crippen molar-refractivity contribution in [3.63, 3.8) is 0 Å². The van der Waals surface area contributed by atoms with Crippen LogP contribution in [0.5, 0.6) is 0 Å². The fourth-order valence-corrected chi connectivity index (χ4v) is 3.40. The van der Waals surface area contributed by atoms with Crippen LogP contribution in [0, 0.1) is 6.92 Å². The van der Waals surface area contributed by atoms with Crippen LogP contribution in [0.2, 0.25) is 0 Å². The molecule has 0 aliphatic carbocycles. The number of hydrogen-bond acceptors (Lipinski definition) is 6. The van der Waals surface area contributed by atoms with E-state index in [1.807, 2.05) is 24.3 Å². The molecule has 0 spiro atoms. The van der Waals surface area contributed by atoms with E-state index in [1.165, 1.54) is 16.2 Å². The highest BCUT2D eigenvalue weighted by Crippen LogP contribution is 2.28. The van der Waals surface area contributed by atoms with Gasteiger partial charge in [0.05, 0.1) is 16.5 Å². The van der Waals surface area contributed by atoms with Crippen LogP contribution in [0.3, 0.4) is 0 Å². The summed E-state index contributed by atoms with van der Waals surface area (Å²) in [4.78, 5) is 18.0. The lowest BCUT2D eigenvalue weighted by atomic mass is 10.1. The van der Waals surface area contributed by atoms with Gasteiger partial charge < -0.3 is 19.5 Å². The molecule has 0 bridgehead atoms. The number of hydrogen-bond donors (Lipinski definition) is 2. The van der Waals surface area contributed by atoms with E-state index in [1.54, 1.807) is 26.3 Å². The second kappa shape index (κ2) is 6.72. The van der Waals surface area contributed by atoms with Crippen molar-refractivity contribution < 1.29 is 19.4 Å². The van der Waals surface area contributed by atoms with Crippen LogP contribution in [0.4, 0.5) is 0 Å². The molecule has 0 saturated heterocycles. The number of likely N-dealkylation sites (N-methyl/N-ethyl adjacent to an activating group) is 1. The molecule has 0 aliphatic heterocycles. The first-order valence-electron chi connectivity index (χ1n) is 7.47. The number of thiazole rings is 1. The van der Waals surface area contributed by atoms with Crippen molar-refractivity contribution in [3.05, 3.63) is 52.9 Å². The van der Waals surface area contributed by atoms with E-state index in [-0.39, 0.29) is 0 Å². The lowest BCUT2D eigenvalue weighted by Crippen LogP contribution is -2.39. The smallest absolute Gasteiger partial charge is 0.254 e. The minimum Gasteiger partial charge on any atom is -0.469 e. The van der Waals surface area contributed by atoms with Crippen molar-refractivity contribution in [2.24, 2.45) is 0 Å². The molecule has 3 rings (SSSR count). The molecular weight excluding hydrogens is 328 g/mol. The number of carbonyl (C=O) groups excluding carboxylic acids is 1. The van der Waals surface area contributed by atoms with Gasteiger partial charge in [0.2, 0.25) is 0 Å². The number of aliphatic hydroxyl groups excluding tert-OH is 2. The molecule has 24 heavy (non-hydrogen) atoms. The molecule has 6 nitrogen and oxygen atoms in total. The number of para-hydroxylation sites is 1. The Balaban J connectivity index is 1.73. The van der Waals surface area contributed by atoms with Crippen LogP contribution in [0.1, 0.15) is 22.4 Å². The largest absolute Gasteiger partial charge is 0.469 e. The molecule has 2 unspecified atom stereocenters. The molecule has 0 fully saturated rings. The molecule has 2 aromatic heterocycles. The maximum atomic E-state index is 12.4. The van der Waals surface area contributed by atoms with E-state index >= 15 is 0 Å². The van der Waals surface area contributed by atoms with Gasteiger partial charge in [-0.2, -0.15) is 0 Å². The molecule has 0 radical (unpaired) electrons. The van der Waals surface area contributed by atoms with Crippen LogP contribution in [0.25, 0.3) is 10.2 Å². The first-order chi connectivity index (χ1) is 11.5. The third-order valence-corrected chi connectivity index (χ3v) is 4.97. The third-order valence-electron chi connectivity index (χ3n) is 3.87. The Morgan fingerprint density at radius 2 is 2.08 bits per heavy atom. The Kier molecular flexibility index (Phi) is 4.66. The number of carbonyl (C=O) groups is 1. The zero-order chi connectivity index (χ0) is 17.3. The molecule has 2 N–H and O–H groups in total. The van der Waals surface area contributed by atoms with Gasteiger partial charge in [-0.15, -0.1) is 11.3 Å². The Morgan fingerprint density at radius 3 is 2.75 bits per heavy atom. The number of aryl methyl sites for hydroxylation is 1. The number of aliphatic hydroxyl groups is 2. The van der Waals surface area contributed by atoms with Crippen molar-refractivity contribution in [2.45, 2.75) is 25.7 Å². The highest BCUT2D eigenvalue weighted by Gasteiger charge is 2.30. The number of furan rings is 1. The third kappa shape index (κ3) is 3.19. The van der Waals surface area contributed by atoms with Gasteiger partial charge in [-0.25, -0.2) is 4.98 Å². The normalized spacial score (nSPS) is 13.8. The van der Waals surface area contributed by atoms with Crippen molar-refractivity contribution in [1.82, 2.24) is 9.88 Å². The van der Waals surface area contributed by atoms with Gasteiger partial charge in [0, 0.05) is 19.2 Å². The minimum atomic E-state index is -1.57. The summed E-state index contributed by atoms with van der Waals surface area (Å²) in [6.45, 7) is 2.10. The number of fused-ring (bicyclic) bond motifs is 1. The van der Waals surface area contributed by atoms with E-state index in [0.29, 0.717) is 11.6 Å². The summed E-state index contributed by atoms with van der Waals surface area (Å²) in [5.74, 6) is 0.151. The highest BCUT2D eigenvalue weighted by molar-refractivity contribution is 7.18. The van der Waals surface area contributed by atoms with Crippen molar-refractivity contribution >= 4 is 27.5 Å². The second-order valence-electron chi connectivity index (χ2n) is 5.61. The van der Waals surface area contributed by atoms with Crippen LogP contribution in [0.15, 0.2) is 41.0 Å². The molecule has 2 atom stereocenters. The first-order valence-corrected chi connectivity index (χ1v) is 8.28. The van der Waals surface area contributed by atoms with Crippen molar-refractivity contribution in [3.8, 4) is 0 Å². The zero-order valence-corrected chi connectivity index (χ0v) is 14.2. The van der Waals surface area contributed by atoms with E-state index in [0.717, 1.165) is 21.5 Å². The maximum absolute atomic E-state index is 12.4. The van der Waals surface area contributed by atoms with Crippen LogP contribution in [-0.4, -0.2) is 39.2 Å². The minimum absolute atomic E-state index is 0.296. The van der Waals surface area contributed by atoms with Gasteiger partial charge in [-0.1, -0.05) is 12.1 Å². The Hall–Kier alpha value is -2.22. The summed E-state index contributed by atoms with van der Waals surface area (Å²) in [6, 6.07) is 9.20. The van der Waals surface area contributed by atoms with Crippen molar-refractivity contribution in [2.75, 3.05) is 7.05 Å². The van der Waals surface area contributed by atoms with Crippen LogP contribution in [-0.2, 0) is 11.3 Å². The summed E-state index contributed by atoms with van der Waals surface area (Å²) < 4.78 is 6.09. The zero-order valence-electron chi connectivity index (χ0n) is 13.3. The lowest BCUT2D eigenvalue weighted by Gasteiger charge is -2.22. The van der Waals surface area contributed by atoms with E-state index in [4.69, 9.17) is 4.42 Å². The predicted octanol–water partition coefficient (Wildman–Crippen LogP) is 2.25.